The van der Waals surface area contributed by atoms with Gasteiger partial charge in [0.2, 0.25) is 5.91 Å². The zero-order valence-corrected chi connectivity index (χ0v) is 13.5. The third-order valence-corrected chi connectivity index (χ3v) is 4.08. The van der Waals surface area contributed by atoms with Crippen LogP contribution >= 0.6 is 0 Å². The van der Waals surface area contributed by atoms with Crippen LogP contribution in [0, 0.1) is 0 Å². The Bertz CT molecular complexity index is 483. The fraction of sp³-hybridized carbons (Fsp3) is 0.625. The molecule has 2 heterocycles. The van der Waals surface area contributed by atoms with E-state index < -0.39 is 0 Å². The molecule has 6 nitrogen and oxygen atoms in total. The molecule has 0 unspecified atom stereocenters. The fourth-order valence-corrected chi connectivity index (χ4v) is 2.76. The average Bonchev–Trinajstić information content (AvgIpc) is 2.95. The van der Waals surface area contributed by atoms with Crippen molar-refractivity contribution in [2.24, 2.45) is 0 Å². The van der Waals surface area contributed by atoms with Crippen molar-refractivity contribution in [3.63, 3.8) is 0 Å². The highest BCUT2D eigenvalue weighted by atomic mass is 16.3. The average molecular weight is 307 g/mol. The molecule has 0 aromatic carbocycles. The first-order chi connectivity index (χ1) is 10.7. The molecule has 0 saturated carbocycles. The van der Waals surface area contributed by atoms with Gasteiger partial charge in [-0.2, -0.15) is 0 Å². The smallest absolute Gasteiger partial charge is 0.289 e. The molecule has 0 spiro atoms. The van der Waals surface area contributed by atoms with Gasteiger partial charge in [-0.15, -0.1) is 0 Å². The highest BCUT2D eigenvalue weighted by Crippen LogP contribution is 2.10. The molecule has 1 aliphatic rings. The first-order valence-corrected chi connectivity index (χ1v) is 7.98. The second-order valence-corrected chi connectivity index (χ2v) is 5.47. The van der Waals surface area contributed by atoms with Gasteiger partial charge >= 0.3 is 0 Å². The van der Waals surface area contributed by atoms with Crippen LogP contribution < -0.4 is 0 Å². The fourth-order valence-electron chi connectivity index (χ4n) is 2.76. The predicted octanol–water partition coefficient (Wildman–Crippen LogP) is 1.30. The second kappa shape index (κ2) is 7.98. The van der Waals surface area contributed by atoms with Gasteiger partial charge in [0.1, 0.15) is 0 Å². The van der Waals surface area contributed by atoms with Crippen molar-refractivity contribution in [3.05, 3.63) is 24.2 Å². The van der Waals surface area contributed by atoms with Gasteiger partial charge in [-0.1, -0.05) is 0 Å². The van der Waals surface area contributed by atoms with Crippen LogP contribution in [0.15, 0.2) is 22.8 Å². The summed E-state index contributed by atoms with van der Waals surface area (Å²) in [6, 6.07) is 3.41. The molecule has 0 radical (unpaired) electrons. The quantitative estimate of drug-likeness (QED) is 0.823. The lowest BCUT2D eigenvalue weighted by Crippen LogP contribution is -2.42. The summed E-state index contributed by atoms with van der Waals surface area (Å²) in [5.41, 5.74) is 0. The first-order valence-electron chi connectivity index (χ1n) is 7.98. The highest BCUT2D eigenvalue weighted by molar-refractivity contribution is 5.91. The van der Waals surface area contributed by atoms with Crippen LogP contribution in [0.25, 0.3) is 0 Å². The molecule has 122 valence electrons. The Balaban J connectivity index is 1.87. The third kappa shape index (κ3) is 4.10. The summed E-state index contributed by atoms with van der Waals surface area (Å²) in [5.74, 6) is 0.477. The Morgan fingerprint density at radius 3 is 2.59 bits per heavy atom. The zero-order chi connectivity index (χ0) is 15.9. The van der Waals surface area contributed by atoms with Gasteiger partial charge in [-0.05, 0) is 32.4 Å². The van der Waals surface area contributed by atoms with Gasteiger partial charge in [0, 0.05) is 39.3 Å². The van der Waals surface area contributed by atoms with E-state index in [2.05, 4.69) is 4.90 Å². The Hall–Kier alpha value is -1.82. The second-order valence-electron chi connectivity index (χ2n) is 5.47. The lowest BCUT2D eigenvalue weighted by atomic mass is 10.3. The van der Waals surface area contributed by atoms with Gasteiger partial charge in [0.15, 0.2) is 5.76 Å². The predicted molar refractivity (Wildman–Crippen MR) is 83.6 cm³/mol. The van der Waals surface area contributed by atoms with Crippen LogP contribution in [0.5, 0.6) is 0 Å². The number of likely N-dealkylation sites (N-methyl/N-ethyl adjacent to an activating group) is 1. The Morgan fingerprint density at radius 2 is 1.95 bits per heavy atom. The van der Waals surface area contributed by atoms with E-state index in [0.29, 0.717) is 25.4 Å². The van der Waals surface area contributed by atoms with Gasteiger partial charge < -0.3 is 14.2 Å². The molecule has 1 aromatic heterocycles. The molecular formula is C16H25N3O3. The van der Waals surface area contributed by atoms with E-state index in [1.807, 2.05) is 18.7 Å². The number of nitrogens with zero attached hydrogens (tertiary/aromatic N) is 3. The minimum Gasteiger partial charge on any atom is -0.459 e. The Labute approximate surface area is 131 Å². The van der Waals surface area contributed by atoms with E-state index in [-0.39, 0.29) is 11.8 Å². The summed E-state index contributed by atoms with van der Waals surface area (Å²) >= 11 is 0. The SMILES string of the molecule is CCN(CC)C(=O)CN1CCCN(C(=O)c2ccco2)CC1. The molecule has 2 amide bonds. The van der Waals surface area contributed by atoms with Crippen LogP contribution in [-0.2, 0) is 4.79 Å². The van der Waals surface area contributed by atoms with Gasteiger partial charge in [-0.25, -0.2) is 0 Å². The van der Waals surface area contributed by atoms with Crippen molar-refractivity contribution < 1.29 is 14.0 Å². The van der Waals surface area contributed by atoms with Crippen molar-refractivity contribution in [1.82, 2.24) is 14.7 Å². The van der Waals surface area contributed by atoms with E-state index in [0.717, 1.165) is 32.6 Å². The third-order valence-electron chi connectivity index (χ3n) is 4.08. The van der Waals surface area contributed by atoms with E-state index >= 15 is 0 Å². The monoisotopic (exact) mass is 307 g/mol. The molecule has 2 rings (SSSR count). The summed E-state index contributed by atoms with van der Waals surface area (Å²) in [5, 5.41) is 0. The van der Waals surface area contributed by atoms with E-state index in [9.17, 15) is 9.59 Å². The van der Waals surface area contributed by atoms with E-state index in [1.54, 1.807) is 17.0 Å². The Kier molecular flexibility index (Phi) is 6.00. The molecule has 0 bridgehead atoms. The molecule has 1 aliphatic heterocycles. The summed E-state index contributed by atoms with van der Waals surface area (Å²) < 4.78 is 5.18. The van der Waals surface area contributed by atoms with Crippen molar-refractivity contribution in [1.29, 1.82) is 0 Å². The van der Waals surface area contributed by atoms with Crippen molar-refractivity contribution in [2.45, 2.75) is 20.3 Å². The molecular weight excluding hydrogens is 282 g/mol. The highest BCUT2D eigenvalue weighted by Gasteiger charge is 2.23. The number of hydrogen-bond acceptors (Lipinski definition) is 4. The summed E-state index contributed by atoms with van der Waals surface area (Å²) in [7, 11) is 0. The zero-order valence-electron chi connectivity index (χ0n) is 13.5. The molecule has 0 atom stereocenters. The van der Waals surface area contributed by atoms with Crippen LogP contribution in [0.4, 0.5) is 0 Å². The molecule has 6 heteroatoms. The van der Waals surface area contributed by atoms with Crippen molar-refractivity contribution in [2.75, 3.05) is 45.8 Å². The molecule has 1 aromatic rings. The first kappa shape index (κ1) is 16.5. The minimum atomic E-state index is -0.0677. The maximum absolute atomic E-state index is 12.3. The topological polar surface area (TPSA) is 57.0 Å². The largest absolute Gasteiger partial charge is 0.459 e. The van der Waals surface area contributed by atoms with Crippen LogP contribution in [-0.4, -0.2) is 72.3 Å². The van der Waals surface area contributed by atoms with Crippen LogP contribution in [0.2, 0.25) is 0 Å². The summed E-state index contributed by atoms with van der Waals surface area (Å²) in [6.07, 6.45) is 2.39. The van der Waals surface area contributed by atoms with Gasteiger partial charge in [0.05, 0.1) is 12.8 Å². The number of amides is 2. The standard InChI is InChI=1S/C16H25N3O3/c1-3-18(4-2)15(20)13-17-8-6-9-19(11-10-17)16(21)14-7-5-12-22-14/h5,7,12H,3-4,6,8-11,13H2,1-2H3. The Morgan fingerprint density at radius 1 is 1.18 bits per heavy atom. The van der Waals surface area contributed by atoms with Crippen molar-refractivity contribution in [3.8, 4) is 0 Å². The number of carbonyl (C=O) groups excluding carboxylic acids is 2. The van der Waals surface area contributed by atoms with Gasteiger partial charge in [0.25, 0.3) is 5.91 Å². The number of hydrogen-bond donors (Lipinski definition) is 0. The molecule has 0 aliphatic carbocycles. The normalized spacial score (nSPS) is 16.4. The summed E-state index contributed by atoms with van der Waals surface area (Å²) in [6.45, 7) is 8.80. The number of furan rings is 1. The lowest BCUT2D eigenvalue weighted by molar-refractivity contribution is -0.132. The maximum Gasteiger partial charge on any atom is 0.289 e. The minimum absolute atomic E-state index is 0.0677. The van der Waals surface area contributed by atoms with Crippen LogP contribution in [0.1, 0.15) is 30.8 Å². The molecule has 22 heavy (non-hydrogen) atoms. The van der Waals surface area contributed by atoms with Crippen LogP contribution in [0.3, 0.4) is 0 Å². The molecule has 1 fully saturated rings. The number of rotatable bonds is 5. The van der Waals surface area contributed by atoms with E-state index in [1.165, 1.54) is 6.26 Å². The summed E-state index contributed by atoms with van der Waals surface area (Å²) in [4.78, 5) is 30.2. The van der Waals surface area contributed by atoms with Gasteiger partial charge in [-0.3, -0.25) is 14.5 Å². The molecule has 1 saturated heterocycles. The maximum atomic E-state index is 12.3. The van der Waals surface area contributed by atoms with Crippen molar-refractivity contribution >= 4 is 11.8 Å². The number of carbonyl (C=O) groups is 2. The molecule has 0 N–H and O–H groups in total. The van der Waals surface area contributed by atoms with E-state index in [4.69, 9.17) is 4.42 Å². The lowest BCUT2D eigenvalue weighted by Gasteiger charge is -2.25.